The van der Waals surface area contributed by atoms with E-state index in [1.807, 2.05) is 41.8 Å². The van der Waals surface area contributed by atoms with Crippen LogP contribution < -0.4 is 5.32 Å². The Morgan fingerprint density at radius 3 is 2.26 bits per heavy atom. The van der Waals surface area contributed by atoms with Gasteiger partial charge in [0.25, 0.3) is 0 Å². The van der Waals surface area contributed by atoms with Gasteiger partial charge < -0.3 is 5.32 Å². The number of halogens is 1. The molecule has 3 aromatic carbocycles. The number of thiophene rings is 1. The summed E-state index contributed by atoms with van der Waals surface area (Å²) < 4.78 is 13.6. The Labute approximate surface area is 159 Å². The van der Waals surface area contributed by atoms with Gasteiger partial charge in [0.2, 0.25) is 0 Å². The third-order valence-electron chi connectivity index (χ3n) is 4.37. The molecule has 0 aliphatic rings. The molecule has 0 radical (unpaired) electrons. The first-order valence-corrected chi connectivity index (χ1v) is 9.41. The molecular formula is C22H14FN3S. The highest BCUT2D eigenvalue weighted by molar-refractivity contribution is 7.13. The molecule has 0 amide bonds. The van der Waals surface area contributed by atoms with Crippen molar-refractivity contribution in [1.82, 2.24) is 9.97 Å². The van der Waals surface area contributed by atoms with E-state index in [0.717, 1.165) is 32.4 Å². The minimum Gasteiger partial charge on any atom is -0.338 e. The summed E-state index contributed by atoms with van der Waals surface area (Å²) in [6.45, 7) is 0. The molecule has 0 fully saturated rings. The first kappa shape index (κ1) is 15.9. The van der Waals surface area contributed by atoms with Gasteiger partial charge in [0.05, 0.1) is 15.9 Å². The van der Waals surface area contributed by atoms with Gasteiger partial charge >= 0.3 is 0 Å². The summed E-state index contributed by atoms with van der Waals surface area (Å²) >= 11 is 1.60. The molecule has 0 aliphatic carbocycles. The van der Waals surface area contributed by atoms with Crippen molar-refractivity contribution >= 4 is 44.6 Å². The van der Waals surface area contributed by atoms with Crippen molar-refractivity contribution in [2.75, 3.05) is 5.32 Å². The molecule has 5 rings (SSSR count). The molecule has 0 atom stereocenters. The molecule has 2 heterocycles. The Bertz CT molecular complexity index is 1270. The van der Waals surface area contributed by atoms with E-state index in [2.05, 4.69) is 23.5 Å². The summed E-state index contributed by atoms with van der Waals surface area (Å²) in [5.74, 6) is 0.322. The Hall–Kier alpha value is -3.31. The molecule has 1 N–H and O–H groups in total. The highest BCUT2D eigenvalue weighted by Crippen LogP contribution is 2.33. The predicted octanol–water partition coefficient (Wildman–Crippen LogP) is 6.39. The van der Waals surface area contributed by atoms with E-state index in [9.17, 15) is 4.39 Å². The lowest BCUT2D eigenvalue weighted by molar-refractivity contribution is 0.628. The van der Waals surface area contributed by atoms with Crippen LogP contribution in [0.4, 0.5) is 15.9 Å². The number of anilines is 2. The second-order valence-electron chi connectivity index (χ2n) is 6.22. The number of benzene rings is 3. The molecule has 0 saturated carbocycles. The number of nitrogens with one attached hydrogen (secondary N) is 1. The van der Waals surface area contributed by atoms with Gasteiger partial charge in [-0.05, 0) is 52.6 Å². The Balaban J connectivity index is 1.73. The number of hydrogen-bond acceptors (Lipinski definition) is 4. The van der Waals surface area contributed by atoms with Gasteiger partial charge in [0.15, 0.2) is 5.82 Å². The van der Waals surface area contributed by atoms with Crippen molar-refractivity contribution < 1.29 is 4.39 Å². The van der Waals surface area contributed by atoms with Gasteiger partial charge in [-0.15, -0.1) is 11.3 Å². The minimum atomic E-state index is -0.294. The zero-order valence-corrected chi connectivity index (χ0v) is 15.0. The van der Waals surface area contributed by atoms with Crippen molar-refractivity contribution in [2.24, 2.45) is 0 Å². The normalized spacial score (nSPS) is 11.1. The van der Waals surface area contributed by atoms with Crippen LogP contribution in [0.1, 0.15) is 0 Å². The van der Waals surface area contributed by atoms with E-state index in [1.165, 1.54) is 12.1 Å². The van der Waals surface area contributed by atoms with Crippen LogP contribution in [0.2, 0.25) is 0 Å². The Morgan fingerprint density at radius 2 is 1.56 bits per heavy atom. The summed E-state index contributed by atoms with van der Waals surface area (Å²) in [6, 6.07) is 22.6. The van der Waals surface area contributed by atoms with Crippen LogP contribution in [0.15, 0.2) is 78.2 Å². The molecule has 0 bridgehead atoms. The van der Waals surface area contributed by atoms with Gasteiger partial charge in [-0.3, -0.25) is 0 Å². The fourth-order valence-electron chi connectivity index (χ4n) is 3.12. The molecule has 0 aliphatic heterocycles. The van der Waals surface area contributed by atoms with Gasteiger partial charge in [-0.25, -0.2) is 14.4 Å². The first-order chi connectivity index (χ1) is 13.3. The number of aromatic nitrogens is 2. The highest BCUT2D eigenvalue weighted by Gasteiger charge is 2.13. The Morgan fingerprint density at radius 1 is 0.778 bits per heavy atom. The smallest absolute Gasteiger partial charge is 0.158 e. The van der Waals surface area contributed by atoms with Crippen molar-refractivity contribution in [3.8, 4) is 10.6 Å². The monoisotopic (exact) mass is 371 g/mol. The maximum absolute atomic E-state index is 13.6. The third-order valence-corrected chi connectivity index (χ3v) is 5.25. The van der Waals surface area contributed by atoms with Gasteiger partial charge in [-0.1, -0.05) is 36.4 Å². The van der Waals surface area contributed by atoms with Gasteiger partial charge in [0.1, 0.15) is 11.5 Å². The minimum absolute atomic E-state index is 0.294. The fraction of sp³-hybridized carbons (Fsp3) is 0. The summed E-state index contributed by atoms with van der Waals surface area (Å²) in [7, 11) is 0. The van der Waals surface area contributed by atoms with Crippen LogP contribution in [0.25, 0.3) is 32.4 Å². The second kappa shape index (κ2) is 6.45. The molecule has 0 unspecified atom stereocenters. The summed E-state index contributed by atoms with van der Waals surface area (Å²) in [5, 5.41) is 7.48. The number of fused-ring (bicyclic) bond motifs is 2. The standard InChI is InChI=1S/C22H14FN3S/c23-16-7-3-8-17(13-16)24-22-21(20-9-4-10-27-20)25-18-11-14-5-1-2-6-15(14)12-19(18)26-22/h1-13H,(H,24,26). The molecule has 130 valence electrons. The molecule has 0 spiro atoms. The molecule has 3 nitrogen and oxygen atoms in total. The van der Waals surface area contributed by atoms with Gasteiger partial charge in [-0.2, -0.15) is 0 Å². The zero-order chi connectivity index (χ0) is 18.2. The second-order valence-corrected chi connectivity index (χ2v) is 7.17. The molecular weight excluding hydrogens is 357 g/mol. The average molecular weight is 371 g/mol. The largest absolute Gasteiger partial charge is 0.338 e. The molecule has 27 heavy (non-hydrogen) atoms. The fourth-order valence-corrected chi connectivity index (χ4v) is 3.83. The van der Waals surface area contributed by atoms with E-state index in [1.54, 1.807) is 17.4 Å². The van der Waals surface area contributed by atoms with Crippen molar-refractivity contribution in [1.29, 1.82) is 0 Å². The summed E-state index contributed by atoms with van der Waals surface area (Å²) in [6.07, 6.45) is 0. The topological polar surface area (TPSA) is 37.8 Å². The quantitative estimate of drug-likeness (QED) is 0.373. The molecule has 5 aromatic rings. The zero-order valence-electron chi connectivity index (χ0n) is 14.2. The lowest BCUT2D eigenvalue weighted by Crippen LogP contribution is -2.00. The van der Waals surface area contributed by atoms with Crippen LogP contribution in [0.3, 0.4) is 0 Å². The summed E-state index contributed by atoms with van der Waals surface area (Å²) in [5.41, 5.74) is 3.04. The van der Waals surface area contributed by atoms with E-state index in [0.29, 0.717) is 11.5 Å². The van der Waals surface area contributed by atoms with Crippen LogP contribution in [-0.4, -0.2) is 9.97 Å². The molecule has 2 aromatic heterocycles. The molecule has 0 saturated heterocycles. The van der Waals surface area contributed by atoms with E-state index >= 15 is 0 Å². The number of rotatable bonds is 3. The van der Waals surface area contributed by atoms with E-state index in [-0.39, 0.29) is 5.82 Å². The first-order valence-electron chi connectivity index (χ1n) is 8.53. The van der Waals surface area contributed by atoms with Crippen molar-refractivity contribution in [2.45, 2.75) is 0 Å². The number of hydrogen-bond donors (Lipinski definition) is 1. The molecule has 5 heteroatoms. The SMILES string of the molecule is Fc1cccc(Nc2nc3cc4ccccc4cc3nc2-c2cccs2)c1. The maximum Gasteiger partial charge on any atom is 0.158 e. The van der Waals surface area contributed by atoms with Crippen molar-refractivity contribution in [3.63, 3.8) is 0 Å². The predicted molar refractivity (Wildman–Crippen MR) is 110 cm³/mol. The lowest BCUT2D eigenvalue weighted by atomic mass is 10.1. The van der Waals surface area contributed by atoms with Crippen LogP contribution >= 0.6 is 11.3 Å². The average Bonchev–Trinajstić information content (AvgIpc) is 3.20. The highest BCUT2D eigenvalue weighted by atomic mass is 32.1. The van der Waals surface area contributed by atoms with Crippen LogP contribution in [0, 0.1) is 5.82 Å². The van der Waals surface area contributed by atoms with E-state index in [4.69, 9.17) is 9.97 Å². The van der Waals surface area contributed by atoms with Gasteiger partial charge in [0, 0.05) is 5.69 Å². The maximum atomic E-state index is 13.6. The number of nitrogens with zero attached hydrogens (tertiary/aromatic N) is 2. The van der Waals surface area contributed by atoms with Crippen molar-refractivity contribution in [3.05, 3.63) is 84.0 Å². The summed E-state index contributed by atoms with van der Waals surface area (Å²) in [4.78, 5) is 10.7. The lowest BCUT2D eigenvalue weighted by Gasteiger charge is -2.12. The third kappa shape index (κ3) is 3.02. The van der Waals surface area contributed by atoms with Crippen LogP contribution in [-0.2, 0) is 0 Å². The van der Waals surface area contributed by atoms with Crippen LogP contribution in [0.5, 0.6) is 0 Å². The van der Waals surface area contributed by atoms with E-state index < -0.39 is 0 Å². The Kier molecular flexibility index (Phi) is 3.80.